The molecule has 0 spiro atoms. The minimum absolute atomic E-state index is 0.0666. The number of ether oxygens (including phenoxy) is 1. The van der Waals surface area contributed by atoms with Gasteiger partial charge in [-0.3, -0.25) is 14.4 Å². The summed E-state index contributed by atoms with van der Waals surface area (Å²) < 4.78 is 6.01. The predicted octanol–water partition coefficient (Wildman–Crippen LogP) is 5.15. The molecule has 0 unspecified atom stereocenters. The fourth-order valence-corrected chi connectivity index (χ4v) is 8.30. The molecule has 4 aliphatic carbocycles. The van der Waals surface area contributed by atoms with E-state index in [-0.39, 0.29) is 35.6 Å². The van der Waals surface area contributed by atoms with Crippen LogP contribution in [0.4, 0.5) is 0 Å². The van der Waals surface area contributed by atoms with Crippen LogP contribution in [0.15, 0.2) is 42.0 Å². The van der Waals surface area contributed by atoms with Crippen LogP contribution in [0.5, 0.6) is 0 Å². The van der Waals surface area contributed by atoms with Gasteiger partial charge in [-0.15, -0.1) is 0 Å². The molecule has 204 valence electrons. The Kier molecular flexibility index (Phi) is 7.23. The van der Waals surface area contributed by atoms with E-state index in [0.29, 0.717) is 29.7 Å². The predicted molar refractivity (Wildman–Crippen MR) is 141 cm³/mol. The maximum absolute atomic E-state index is 12.8. The summed E-state index contributed by atoms with van der Waals surface area (Å²) in [6.07, 6.45) is 9.28. The molecule has 0 saturated heterocycles. The van der Waals surface area contributed by atoms with E-state index in [1.54, 1.807) is 30.3 Å². The third-order valence-electron chi connectivity index (χ3n) is 10.4. The van der Waals surface area contributed by atoms with Crippen LogP contribution in [0.1, 0.15) is 89.7 Å². The largest absolute Gasteiger partial charge is 0.479 e. The van der Waals surface area contributed by atoms with E-state index >= 15 is 0 Å². The van der Waals surface area contributed by atoms with Crippen molar-refractivity contribution in [3.05, 3.63) is 47.5 Å². The first-order valence-electron chi connectivity index (χ1n) is 14.1. The van der Waals surface area contributed by atoms with Gasteiger partial charge >= 0.3 is 11.9 Å². The van der Waals surface area contributed by atoms with Crippen LogP contribution in [0.25, 0.3) is 0 Å². The van der Waals surface area contributed by atoms with Gasteiger partial charge in [0.2, 0.25) is 5.91 Å². The van der Waals surface area contributed by atoms with Crippen molar-refractivity contribution in [3.8, 4) is 0 Å². The van der Waals surface area contributed by atoms with Crippen LogP contribution in [-0.4, -0.2) is 34.8 Å². The Bertz CT molecular complexity index is 1140. The molecule has 1 aromatic rings. The molecule has 5 rings (SSSR count). The number of amides is 1. The Morgan fingerprint density at radius 2 is 1.76 bits per heavy atom. The topological polar surface area (TPSA) is 110 Å². The van der Waals surface area contributed by atoms with Crippen molar-refractivity contribution in [2.24, 2.45) is 28.6 Å². The van der Waals surface area contributed by atoms with Crippen molar-refractivity contribution >= 4 is 23.6 Å². The van der Waals surface area contributed by atoms with Crippen molar-refractivity contribution in [1.82, 2.24) is 5.32 Å². The van der Waals surface area contributed by atoms with Crippen LogP contribution in [0.3, 0.4) is 0 Å². The normalized spacial score (nSPS) is 34.7. The summed E-state index contributed by atoms with van der Waals surface area (Å²) >= 11 is 0. The van der Waals surface area contributed by atoms with Crippen molar-refractivity contribution in [2.75, 3.05) is 0 Å². The van der Waals surface area contributed by atoms with E-state index in [4.69, 9.17) is 4.74 Å². The maximum Gasteiger partial charge on any atom is 0.330 e. The molecule has 2 N–H and O–H groups in total. The summed E-state index contributed by atoms with van der Waals surface area (Å²) in [5.41, 5.74) is 1.89. The number of aliphatic carboxylic acids is 1. The zero-order valence-electron chi connectivity index (χ0n) is 22.4. The molecule has 38 heavy (non-hydrogen) atoms. The molecule has 3 fully saturated rings. The fourth-order valence-electron chi connectivity index (χ4n) is 8.30. The number of rotatable bonds is 7. The molecule has 1 aromatic carbocycles. The Labute approximate surface area is 224 Å². The SMILES string of the molecule is C[C@]12CC[C@@H]3[C@H](CCC4=CC(=O)CC[C@@]43C)[C@@H]1CC[C@H]2OC(=O)CCC(=O)N[C@H](C(=O)O)c1ccccc1. The van der Waals surface area contributed by atoms with Crippen molar-refractivity contribution < 1.29 is 29.0 Å². The monoisotopic (exact) mass is 521 g/mol. The standard InChI is InChI=1S/C31H39NO6/c1-30-16-14-21(33)18-20(30)8-9-22-23-10-11-25(31(23,2)17-15-24(22)30)38-27(35)13-12-26(34)32-28(29(36)37)19-6-4-3-5-7-19/h3-7,18,22-25,28H,8-17H2,1-2H3,(H,32,34)(H,36,37)/t22-,23+,24-,25-,28+,30+,31+/m1/s1. The lowest BCUT2D eigenvalue weighted by Crippen LogP contribution is -2.51. The van der Waals surface area contributed by atoms with Gasteiger partial charge in [-0.1, -0.05) is 49.8 Å². The molecule has 7 heteroatoms. The minimum Gasteiger partial charge on any atom is -0.479 e. The first-order chi connectivity index (χ1) is 18.1. The number of carboxylic acids is 1. The Morgan fingerprint density at radius 1 is 1.00 bits per heavy atom. The third-order valence-corrected chi connectivity index (χ3v) is 10.4. The van der Waals surface area contributed by atoms with Gasteiger partial charge in [-0.05, 0) is 79.8 Å². The lowest BCUT2D eigenvalue weighted by atomic mass is 9.47. The summed E-state index contributed by atoms with van der Waals surface area (Å²) in [5, 5.41) is 12.1. The van der Waals surface area contributed by atoms with Gasteiger partial charge in [-0.2, -0.15) is 0 Å². The average molecular weight is 522 g/mol. The van der Waals surface area contributed by atoms with Crippen LogP contribution < -0.4 is 5.32 Å². The molecule has 0 aliphatic heterocycles. The molecule has 7 atom stereocenters. The summed E-state index contributed by atoms with van der Waals surface area (Å²) in [6.45, 7) is 4.65. The van der Waals surface area contributed by atoms with Crippen LogP contribution in [0, 0.1) is 28.6 Å². The fraction of sp³-hybridized carbons (Fsp3) is 0.613. The molecule has 3 saturated carbocycles. The van der Waals surface area contributed by atoms with Crippen LogP contribution >= 0.6 is 0 Å². The van der Waals surface area contributed by atoms with E-state index in [0.717, 1.165) is 44.9 Å². The summed E-state index contributed by atoms with van der Waals surface area (Å²) in [7, 11) is 0. The number of carbonyl (C=O) groups is 4. The minimum atomic E-state index is -1.15. The summed E-state index contributed by atoms with van der Waals surface area (Å²) in [6, 6.07) is 7.36. The number of fused-ring (bicyclic) bond motifs is 5. The Morgan fingerprint density at radius 3 is 2.50 bits per heavy atom. The lowest BCUT2D eigenvalue weighted by molar-refractivity contribution is -0.160. The quantitative estimate of drug-likeness (QED) is 0.480. The van der Waals surface area contributed by atoms with E-state index in [1.807, 2.05) is 6.08 Å². The highest BCUT2D eigenvalue weighted by Crippen LogP contribution is 2.65. The molecule has 4 aliphatic rings. The van der Waals surface area contributed by atoms with Crippen molar-refractivity contribution in [2.45, 2.75) is 90.2 Å². The Balaban J connectivity index is 1.17. The summed E-state index contributed by atoms with van der Waals surface area (Å²) in [5.74, 6) is -0.0844. The van der Waals surface area contributed by atoms with E-state index in [2.05, 4.69) is 19.2 Å². The molecular weight excluding hydrogens is 482 g/mol. The molecular formula is C31H39NO6. The molecule has 0 radical (unpaired) electrons. The summed E-state index contributed by atoms with van der Waals surface area (Å²) in [4.78, 5) is 49.0. The van der Waals surface area contributed by atoms with Gasteiger partial charge in [0, 0.05) is 18.3 Å². The number of hydrogen-bond acceptors (Lipinski definition) is 5. The van der Waals surface area contributed by atoms with E-state index < -0.39 is 23.9 Å². The first kappa shape index (κ1) is 26.6. The molecule has 7 nitrogen and oxygen atoms in total. The van der Waals surface area contributed by atoms with Crippen molar-refractivity contribution in [1.29, 1.82) is 0 Å². The Hall–Kier alpha value is -2.96. The van der Waals surface area contributed by atoms with Gasteiger partial charge in [0.15, 0.2) is 11.8 Å². The molecule has 0 heterocycles. The van der Waals surface area contributed by atoms with Crippen LogP contribution in [0.2, 0.25) is 0 Å². The van der Waals surface area contributed by atoms with Gasteiger partial charge in [0.1, 0.15) is 6.10 Å². The second-order valence-corrected chi connectivity index (χ2v) is 12.3. The number of ketones is 1. The van der Waals surface area contributed by atoms with Gasteiger partial charge in [-0.25, -0.2) is 4.79 Å². The van der Waals surface area contributed by atoms with E-state index in [9.17, 15) is 24.3 Å². The second-order valence-electron chi connectivity index (χ2n) is 12.3. The number of nitrogens with one attached hydrogen (secondary N) is 1. The first-order valence-corrected chi connectivity index (χ1v) is 14.1. The highest BCUT2D eigenvalue weighted by atomic mass is 16.5. The van der Waals surface area contributed by atoms with Crippen LogP contribution in [-0.2, 0) is 23.9 Å². The third kappa shape index (κ3) is 4.80. The number of carboxylic acid groups (broad SMARTS) is 1. The maximum atomic E-state index is 12.8. The zero-order valence-corrected chi connectivity index (χ0v) is 22.4. The lowest BCUT2D eigenvalue weighted by Gasteiger charge is -2.57. The van der Waals surface area contributed by atoms with Gasteiger partial charge < -0.3 is 15.2 Å². The smallest absolute Gasteiger partial charge is 0.330 e. The zero-order chi connectivity index (χ0) is 27.1. The number of hydrogen-bond donors (Lipinski definition) is 2. The average Bonchev–Trinajstić information content (AvgIpc) is 3.22. The van der Waals surface area contributed by atoms with Gasteiger partial charge in [0.05, 0.1) is 6.42 Å². The number of allylic oxidation sites excluding steroid dienone is 1. The van der Waals surface area contributed by atoms with Crippen molar-refractivity contribution in [3.63, 3.8) is 0 Å². The molecule has 0 aromatic heterocycles. The second kappa shape index (κ2) is 10.3. The number of esters is 1. The highest BCUT2D eigenvalue weighted by molar-refractivity contribution is 5.91. The number of benzene rings is 1. The molecule has 0 bridgehead atoms. The number of carbonyl (C=O) groups excluding carboxylic acids is 3. The highest BCUT2D eigenvalue weighted by Gasteiger charge is 2.59. The van der Waals surface area contributed by atoms with Gasteiger partial charge in [0.25, 0.3) is 0 Å². The molecule has 1 amide bonds. The van der Waals surface area contributed by atoms with E-state index in [1.165, 1.54) is 5.57 Å².